The van der Waals surface area contributed by atoms with Crippen LogP contribution in [-0.4, -0.2) is 18.2 Å². The summed E-state index contributed by atoms with van der Waals surface area (Å²) in [7, 11) is 0. The first-order valence-electron chi connectivity index (χ1n) is 3.18. The minimum Gasteiger partial charge on any atom is -0.347 e. The van der Waals surface area contributed by atoms with Crippen LogP contribution in [0.2, 0.25) is 0 Å². The molecule has 3 nitrogen and oxygen atoms in total. The van der Waals surface area contributed by atoms with E-state index in [4.69, 9.17) is 0 Å². The van der Waals surface area contributed by atoms with Gasteiger partial charge in [-0.15, -0.1) is 0 Å². The largest absolute Gasteiger partial charge is 0.347 e. The van der Waals surface area contributed by atoms with Crippen LogP contribution in [0, 0.1) is 5.92 Å². The third-order valence-corrected chi connectivity index (χ3v) is 1.48. The Bertz CT molecular complexity index is 184. The van der Waals surface area contributed by atoms with Crippen molar-refractivity contribution < 1.29 is 22.7 Å². The molecule has 0 aromatic rings. The number of hydrogen-bond donors (Lipinski definition) is 0. The van der Waals surface area contributed by atoms with E-state index in [-0.39, 0.29) is 6.42 Å². The third kappa shape index (κ3) is 2.73. The zero-order chi connectivity index (χ0) is 9.72. The Morgan fingerprint density at radius 1 is 1.50 bits per heavy atom. The maximum Gasteiger partial charge on any atom is 0.335 e. The summed E-state index contributed by atoms with van der Waals surface area (Å²) in [5.74, 6) is -4.05. The summed E-state index contributed by atoms with van der Waals surface area (Å²) in [6, 6.07) is 0. The molecule has 0 saturated heterocycles. The normalized spacial score (nSPS) is 12.8. The van der Waals surface area contributed by atoms with Gasteiger partial charge in [-0.2, -0.15) is 0 Å². The topological polar surface area (TPSA) is 43.4 Å². The molecule has 0 rings (SSSR count). The number of Topliss-reactive ketones (excluding diaryl/α,β-unsaturated/α-hetero) is 1. The molecule has 70 valence electrons. The quantitative estimate of drug-likeness (QED) is 0.647. The van der Waals surface area contributed by atoms with E-state index in [9.17, 15) is 18.4 Å². The number of ketones is 1. The van der Waals surface area contributed by atoms with Gasteiger partial charge in [0.15, 0.2) is 0 Å². The molecule has 0 amide bonds. The molecule has 0 bridgehead atoms. The van der Waals surface area contributed by atoms with Crippen molar-refractivity contribution in [1.82, 2.24) is 0 Å². The fourth-order valence-electron chi connectivity index (χ4n) is 0.690. The second kappa shape index (κ2) is 5.03. The molecule has 0 aliphatic rings. The van der Waals surface area contributed by atoms with E-state index in [0.717, 1.165) is 0 Å². The molecule has 0 fully saturated rings. The molecule has 0 spiro atoms. The van der Waals surface area contributed by atoms with Crippen LogP contribution in [0.3, 0.4) is 0 Å². The number of halogens is 3. The van der Waals surface area contributed by atoms with E-state index in [2.05, 4.69) is 16.2 Å². The summed E-state index contributed by atoms with van der Waals surface area (Å²) < 4.78 is 27.2. The van der Waals surface area contributed by atoms with E-state index in [0.29, 0.717) is 0 Å². The smallest absolute Gasteiger partial charge is 0.335 e. The standard InChI is InChI=1S/C6H7ClF2O3/c1-2-3(6(11)12-7)4(10)5(8)9/h3,5H,2H2,1H3. The van der Waals surface area contributed by atoms with E-state index in [1.54, 1.807) is 0 Å². The van der Waals surface area contributed by atoms with Crippen LogP contribution in [-0.2, 0) is 13.9 Å². The lowest BCUT2D eigenvalue weighted by atomic mass is 10.0. The minimum atomic E-state index is -3.16. The Morgan fingerprint density at radius 3 is 2.25 bits per heavy atom. The molecular weight excluding hydrogens is 194 g/mol. The zero-order valence-electron chi connectivity index (χ0n) is 6.22. The van der Waals surface area contributed by atoms with E-state index < -0.39 is 24.1 Å². The molecule has 0 N–H and O–H groups in total. The third-order valence-electron chi connectivity index (χ3n) is 1.33. The van der Waals surface area contributed by atoms with Gasteiger partial charge in [0.25, 0.3) is 6.43 Å². The number of hydrogen-bond acceptors (Lipinski definition) is 3. The van der Waals surface area contributed by atoms with Gasteiger partial charge < -0.3 is 4.29 Å². The number of alkyl halides is 2. The van der Waals surface area contributed by atoms with Gasteiger partial charge in [-0.1, -0.05) is 6.92 Å². The molecule has 6 heteroatoms. The Kier molecular flexibility index (Phi) is 4.73. The van der Waals surface area contributed by atoms with Gasteiger partial charge >= 0.3 is 5.97 Å². The van der Waals surface area contributed by atoms with Gasteiger partial charge in [0, 0.05) is 0 Å². The molecular formula is C6H7ClF2O3. The summed E-state index contributed by atoms with van der Waals surface area (Å²) in [5.41, 5.74) is 0. The lowest BCUT2D eigenvalue weighted by Crippen LogP contribution is -2.28. The van der Waals surface area contributed by atoms with Crippen molar-refractivity contribution in [1.29, 1.82) is 0 Å². The summed E-state index contributed by atoms with van der Waals surface area (Å²) in [5, 5.41) is 0. The van der Waals surface area contributed by atoms with Crippen LogP contribution in [0.15, 0.2) is 0 Å². The lowest BCUT2D eigenvalue weighted by Gasteiger charge is -2.07. The average Bonchev–Trinajstić information content (AvgIpc) is 2.05. The first kappa shape index (κ1) is 11.3. The van der Waals surface area contributed by atoms with E-state index >= 15 is 0 Å². The number of carbonyl (C=O) groups is 2. The molecule has 0 heterocycles. The highest BCUT2D eigenvalue weighted by atomic mass is 35.5. The molecule has 12 heavy (non-hydrogen) atoms. The highest BCUT2D eigenvalue weighted by Crippen LogP contribution is 2.12. The average molecular weight is 201 g/mol. The molecule has 0 radical (unpaired) electrons. The predicted molar refractivity (Wildman–Crippen MR) is 36.7 cm³/mol. The van der Waals surface area contributed by atoms with Crippen molar-refractivity contribution in [3.8, 4) is 0 Å². The lowest BCUT2D eigenvalue weighted by molar-refractivity contribution is -0.148. The van der Waals surface area contributed by atoms with Crippen LogP contribution >= 0.6 is 11.9 Å². The van der Waals surface area contributed by atoms with Crippen molar-refractivity contribution in [2.75, 3.05) is 0 Å². The summed E-state index contributed by atoms with van der Waals surface area (Å²) in [6.07, 6.45) is -3.21. The fourth-order valence-corrected chi connectivity index (χ4v) is 0.797. The van der Waals surface area contributed by atoms with E-state index in [1.165, 1.54) is 6.92 Å². The van der Waals surface area contributed by atoms with Crippen molar-refractivity contribution in [3.05, 3.63) is 0 Å². The second-order valence-electron chi connectivity index (χ2n) is 2.06. The Hall–Kier alpha value is -0.710. The van der Waals surface area contributed by atoms with Crippen molar-refractivity contribution in [2.45, 2.75) is 19.8 Å². The van der Waals surface area contributed by atoms with E-state index in [1.807, 2.05) is 0 Å². The highest BCUT2D eigenvalue weighted by molar-refractivity contribution is 6.16. The second-order valence-corrected chi connectivity index (χ2v) is 2.21. The molecule has 1 atom stereocenters. The van der Waals surface area contributed by atoms with Crippen LogP contribution in [0.4, 0.5) is 8.78 Å². The maximum absolute atomic E-state index is 11.8. The zero-order valence-corrected chi connectivity index (χ0v) is 6.98. The monoisotopic (exact) mass is 200 g/mol. The van der Waals surface area contributed by atoms with Crippen LogP contribution in [0.25, 0.3) is 0 Å². The van der Waals surface area contributed by atoms with Crippen molar-refractivity contribution in [3.63, 3.8) is 0 Å². The molecule has 0 saturated carbocycles. The predicted octanol–water partition coefficient (Wildman–Crippen LogP) is 1.54. The first-order chi connectivity index (χ1) is 5.54. The Balaban J connectivity index is 4.34. The number of rotatable bonds is 4. The molecule has 0 aliphatic heterocycles. The summed E-state index contributed by atoms with van der Waals surface area (Å²) in [6.45, 7) is 1.42. The van der Waals surface area contributed by atoms with Crippen molar-refractivity contribution >= 4 is 23.6 Å². The summed E-state index contributed by atoms with van der Waals surface area (Å²) in [4.78, 5) is 21.1. The van der Waals surface area contributed by atoms with Gasteiger partial charge in [-0.25, -0.2) is 13.6 Å². The Labute approximate surface area is 72.8 Å². The van der Waals surface area contributed by atoms with Gasteiger partial charge in [0.2, 0.25) is 5.78 Å². The van der Waals surface area contributed by atoms with Gasteiger partial charge in [0.1, 0.15) is 17.8 Å². The van der Waals surface area contributed by atoms with Crippen LogP contribution < -0.4 is 0 Å². The molecule has 1 unspecified atom stereocenters. The molecule has 0 aromatic heterocycles. The van der Waals surface area contributed by atoms with Crippen molar-refractivity contribution in [2.24, 2.45) is 5.92 Å². The fraction of sp³-hybridized carbons (Fsp3) is 0.667. The van der Waals surface area contributed by atoms with Crippen LogP contribution in [0.5, 0.6) is 0 Å². The number of carbonyl (C=O) groups excluding carboxylic acids is 2. The SMILES string of the molecule is CCC(C(=O)OCl)C(=O)C(F)F. The van der Waals surface area contributed by atoms with Crippen LogP contribution in [0.1, 0.15) is 13.3 Å². The first-order valence-corrected chi connectivity index (χ1v) is 3.49. The Morgan fingerprint density at radius 2 is 2.00 bits per heavy atom. The molecule has 0 aromatic carbocycles. The van der Waals surface area contributed by atoms with Gasteiger partial charge in [0.05, 0.1) is 0 Å². The minimum absolute atomic E-state index is 0.0469. The highest BCUT2D eigenvalue weighted by Gasteiger charge is 2.32. The maximum atomic E-state index is 11.8. The molecule has 0 aliphatic carbocycles. The van der Waals surface area contributed by atoms with Gasteiger partial charge in [-0.05, 0) is 6.42 Å². The van der Waals surface area contributed by atoms with Gasteiger partial charge in [-0.3, -0.25) is 4.79 Å². The summed E-state index contributed by atoms with van der Waals surface area (Å²) >= 11 is 4.63.